The molecule has 18 heavy (non-hydrogen) atoms. The molecule has 5 nitrogen and oxygen atoms in total. The fourth-order valence-corrected chi connectivity index (χ4v) is 1.65. The summed E-state index contributed by atoms with van der Waals surface area (Å²) in [4.78, 5) is 11.1. The first-order valence-electron chi connectivity index (χ1n) is 5.78. The van der Waals surface area contributed by atoms with Crippen molar-refractivity contribution in [1.82, 2.24) is 15.1 Å². The number of aromatic nitrogens is 2. The van der Waals surface area contributed by atoms with Gasteiger partial charge in [-0.1, -0.05) is 12.1 Å². The summed E-state index contributed by atoms with van der Waals surface area (Å²) in [6.45, 7) is 0.578. The first kappa shape index (κ1) is 12.2. The molecule has 0 spiro atoms. The molecule has 0 radical (unpaired) electrons. The zero-order valence-corrected chi connectivity index (χ0v) is 10.3. The number of amides is 1. The molecule has 2 rings (SSSR count). The van der Waals surface area contributed by atoms with E-state index >= 15 is 0 Å². The zero-order chi connectivity index (χ0) is 13.0. The largest absolute Gasteiger partial charge is 0.399 e. The van der Waals surface area contributed by atoms with Crippen molar-refractivity contribution in [3.05, 3.63) is 36.7 Å². The highest BCUT2D eigenvalue weighted by molar-refractivity contribution is 5.75. The van der Waals surface area contributed by atoms with Crippen LogP contribution in [0.15, 0.2) is 36.7 Å². The molecule has 0 atom stereocenters. The van der Waals surface area contributed by atoms with Crippen LogP contribution in [0.2, 0.25) is 0 Å². The number of nitrogens with zero attached hydrogens (tertiary/aromatic N) is 2. The summed E-state index contributed by atoms with van der Waals surface area (Å²) < 4.78 is 1.76. The average Bonchev–Trinajstić information content (AvgIpc) is 2.85. The minimum Gasteiger partial charge on any atom is -0.399 e. The standard InChI is InChI=1S/C13H16N4O/c1-15-13(18)6-7-17-9-11(8-16-17)10-2-4-12(14)5-3-10/h2-5,8-9H,6-7,14H2,1H3,(H,15,18). The number of aryl methyl sites for hydroxylation is 1. The van der Waals surface area contributed by atoms with E-state index < -0.39 is 0 Å². The molecule has 5 heteroatoms. The molecular weight excluding hydrogens is 228 g/mol. The van der Waals surface area contributed by atoms with E-state index in [1.54, 1.807) is 17.9 Å². The van der Waals surface area contributed by atoms with Crippen LogP contribution in [0.3, 0.4) is 0 Å². The van der Waals surface area contributed by atoms with Crippen molar-refractivity contribution in [2.45, 2.75) is 13.0 Å². The van der Waals surface area contributed by atoms with E-state index in [0.29, 0.717) is 13.0 Å². The molecule has 0 bridgehead atoms. The first-order chi connectivity index (χ1) is 8.69. The fourth-order valence-electron chi connectivity index (χ4n) is 1.65. The van der Waals surface area contributed by atoms with E-state index in [0.717, 1.165) is 16.8 Å². The quantitative estimate of drug-likeness (QED) is 0.795. The summed E-state index contributed by atoms with van der Waals surface area (Å²) in [5.74, 6) is 0.0135. The molecule has 2 aromatic rings. The Balaban J connectivity index is 2.06. The molecule has 0 unspecified atom stereocenters. The number of hydrogen-bond acceptors (Lipinski definition) is 3. The number of carbonyl (C=O) groups excluding carboxylic acids is 1. The molecule has 0 aliphatic heterocycles. The van der Waals surface area contributed by atoms with Crippen LogP contribution in [0.5, 0.6) is 0 Å². The van der Waals surface area contributed by atoms with Crippen LogP contribution in [0, 0.1) is 0 Å². The summed E-state index contributed by atoms with van der Waals surface area (Å²) in [7, 11) is 1.63. The van der Waals surface area contributed by atoms with Crippen LogP contribution < -0.4 is 11.1 Å². The van der Waals surface area contributed by atoms with Gasteiger partial charge in [-0.15, -0.1) is 0 Å². The Morgan fingerprint density at radius 1 is 1.33 bits per heavy atom. The number of rotatable bonds is 4. The van der Waals surface area contributed by atoms with Crippen molar-refractivity contribution < 1.29 is 4.79 Å². The number of carbonyl (C=O) groups is 1. The maximum atomic E-state index is 11.1. The lowest BCUT2D eigenvalue weighted by Gasteiger charge is -2.00. The van der Waals surface area contributed by atoms with Gasteiger partial charge in [0, 0.05) is 37.5 Å². The molecule has 1 aromatic heterocycles. The lowest BCUT2D eigenvalue weighted by atomic mass is 10.1. The summed E-state index contributed by atoms with van der Waals surface area (Å²) in [5.41, 5.74) is 8.47. The number of nitrogens with one attached hydrogen (secondary N) is 1. The lowest BCUT2D eigenvalue weighted by molar-refractivity contribution is -0.120. The predicted molar refractivity (Wildman–Crippen MR) is 70.8 cm³/mol. The van der Waals surface area contributed by atoms with Crippen LogP contribution in [-0.4, -0.2) is 22.7 Å². The minimum absolute atomic E-state index is 0.0135. The molecule has 0 saturated heterocycles. The Labute approximate surface area is 106 Å². The third-order valence-corrected chi connectivity index (χ3v) is 2.72. The molecule has 1 heterocycles. The van der Waals surface area contributed by atoms with Gasteiger partial charge in [-0.3, -0.25) is 9.48 Å². The van der Waals surface area contributed by atoms with Gasteiger partial charge in [-0.2, -0.15) is 5.10 Å². The Morgan fingerprint density at radius 2 is 2.06 bits per heavy atom. The van der Waals surface area contributed by atoms with Gasteiger partial charge in [0.1, 0.15) is 0 Å². The Bertz CT molecular complexity index is 530. The summed E-state index contributed by atoms with van der Waals surface area (Å²) in [5, 5.41) is 6.81. The van der Waals surface area contributed by atoms with Crippen LogP contribution in [0.1, 0.15) is 6.42 Å². The van der Waals surface area contributed by atoms with Crippen molar-refractivity contribution in [3.8, 4) is 11.1 Å². The van der Waals surface area contributed by atoms with Crippen LogP contribution >= 0.6 is 0 Å². The van der Waals surface area contributed by atoms with Crippen LogP contribution in [-0.2, 0) is 11.3 Å². The van der Waals surface area contributed by atoms with Crippen LogP contribution in [0.25, 0.3) is 11.1 Å². The molecule has 0 aliphatic carbocycles. The van der Waals surface area contributed by atoms with Crippen molar-refractivity contribution >= 4 is 11.6 Å². The van der Waals surface area contributed by atoms with Gasteiger partial charge >= 0.3 is 0 Å². The lowest BCUT2D eigenvalue weighted by Crippen LogP contribution is -2.19. The number of nitrogen functional groups attached to an aromatic ring is 1. The van der Waals surface area contributed by atoms with Crippen molar-refractivity contribution in [3.63, 3.8) is 0 Å². The van der Waals surface area contributed by atoms with Gasteiger partial charge < -0.3 is 11.1 Å². The third-order valence-electron chi connectivity index (χ3n) is 2.72. The van der Waals surface area contributed by atoms with E-state index in [2.05, 4.69) is 10.4 Å². The van der Waals surface area contributed by atoms with E-state index in [-0.39, 0.29) is 5.91 Å². The average molecular weight is 244 g/mol. The van der Waals surface area contributed by atoms with Gasteiger partial charge in [0.05, 0.1) is 6.20 Å². The predicted octanol–water partition coefficient (Wildman–Crippen LogP) is 1.27. The molecule has 0 saturated carbocycles. The molecule has 3 N–H and O–H groups in total. The second-order valence-electron chi connectivity index (χ2n) is 4.04. The Hall–Kier alpha value is -2.30. The minimum atomic E-state index is 0.0135. The molecule has 94 valence electrons. The maximum Gasteiger partial charge on any atom is 0.221 e. The van der Waals surface area contributed by atoms with Gasteiger partial charge in [0.15, 0.2) is 0 Å². The second-order valence-corrected chi connectivity index (χ2v) is 4.04. The fraction of sp³-hybridized carbons (Fsp3) is 0.231. The zero-order valence-electron chi connectivity index (χ0n) is 10.3. The highest BCUT2D eigenvalue weighted by Crippen LogP contribution is 2.19. The Morgan fingerprint density at radius 3 is 2.72 bits per heavy atom. The van der Waals surface area contributed by atoms with E-state index in [4.69, 9.17) is 5.73 Å². The van der Waals surface area contributed by atoms with E-state index in [1.807, 2.05) is 30.5 Å². The molecular formula is C13H16N4O. The Kier molecular flexibility index (Phi) is 3.62. The number of nitrogens with two attached hydrogens (primary N) is 1. The topological polar surface area (TPSA) is 72.9 Å². The summed E-state index contributed by atoms with van der Waals surface area (Å²) >= 11 is 0. The highest BCUT2D eigenvalue weighted by atomic mass is 16.1. The van der Waals surface area contributed by atoms with Gasteiger partial charge in [-0.05, 0) is 17.7 Å². The number of anilines is 1. The van der Waals surface area contributed by atoms with Crippen molar-refractivity contribution in [2.75, 3.05) is 12.8 Å². The molecule has 1 aromatic carbocycles. The van der Waals surface area contributed by atoms with Crippen molar-refractivity contribution in [2.24, 2.45) is 0 Å². The smallest absolute Gasteiger partial charge is 0.221 e. The SMILES string of the molecule is CNC(=O)CCn1cc(-c2ccc(N)cc2)cn1. The van der Waals surface area contributed by atoms with Gasteiger partial charge in [0.25, 0.3) is 0 Å². The molecule has 1 amide bonds. The highest BCUT2D eigenvalue weighted by Gasteiger charge is 2.03. The van der Waals surface area contributed by atoms with Gasteiger partial charge in [0.2, 0.25) is 5.91 Å². The van der Waals surface area contributed by atoms with E-state index in [1.165, 1.54) is 0 Å². The van der Waals surface area contributed by atoms with E-state index in [9.17, 15) is 4.79 Å². The van der Waals surface area contributed by atoms with Crippen molar-refractivity contribution in [1.29, 1.82) is 0 Å². The monoisotopic (exact) mass is 244 g/mol. The number of benzene rings is 1. The third kappa shape index (κ3) is 2.88. The molecule has 0 fully saturated rings. The maximum absolute atomic E-state index is 11.1. The van der Waals surface area contributed by atoms with Crippen LogP contribution in [0.4, 0.5) is 5.69 Å². The normalized spacial score (nSPS) is 10.3. The summed E-state index contributed by atoms with van der Waals surface area (Å²) in [6.07, 6.45) is 4.14. The first-order valence-corrected chi connectivity index (χ1v) is 5.78. The second kappa shape index (κ2) is 5.35. The number of hydrogen-bond donors (Lipinski definition) is 2. The van der Waals surface area contributed by atoms with Gasteiger partial charge in [-0.25, -0.2) is 0 Å². The summed E-state index contributed by atoms with van der Waals surface area (Å²) in [6, 6.07) is 7.62. The molecule has 0 aliphatic rings.